The Morgan fingerprint density at radius 3 is 2.44 bits per heavy atom. The van der Waals surface area contributed by atoms with Crippen LogP contribution in [0.2, 0.25) is 0 Å². The number of benzene rings is 1. The van der Waals surface area contributed by atoms with Crippen molar-refractivity contribution >= 4 is 28.0 Å². The lowest BCUT2D eigenvalue weighted by atomic mass is 9.97. The predicted molar refractivity (Wildman–Crippen MR) is 161 cm³/mol. The highest BCUT2D eigenvalue weighted by Crippen LogP contribution is 2.30. The van der Waals surface area contributed by atoms with E-state index in [0.717, 1.165) is 78.8 Å². The number of fused-ring (bicyclic) bond motifs is 2. The minimum Gasteiger partial charge on any atom is -0.389 e. The lowest BCUT2D eigenvalue weighted by Gasteiger charge is -2.48. The summed E-state index contributed by atoms with van der Waals surface area (Å²) >= 11 is 0. The van der Waals surface area contributed by atoms with Gasteiger partial charge < -0.3 is 19.3 Å². The highest BCUT2D eigenvalue weighted by atomic mass is 16.5. The molecule has 0 saturated carbocycles. The third-order valence-corrected chi connectivity index (χ3v) is 8.33. The van der Waals surface area contributed by atoms with Crippen molar-refractivity contribution in [3.05, 3.63) is 35.9 Å². The fourth-order valence-corrected chi connectivity index (χ4v) is 6.29. The molecule has 1 N–H and O–H groups in total. The summed E-state index contributed by atoms with van der Waals surface area (Å²) in [6.07, 6.45) is 0.772. The van der Waals surface area contributed by atoms with Crippen LogP contribution in [0.15, 0.2) is 24.3 Å². The number of hydrogen-bond donors (Lipinski definition) is 1. The van der Waals surface area contributed by atoms with Gasteiger partial charge in [-0.25, -0.2) is 9.97 Å². The molecule has 220 valence electrons. The Morgan fingerprint density at radius 2 is 1.73 bits per heavy atom. The third-order valence-electron chi connectivity index (χ3n) is 8.33. The van der Waals surface area contributed by atoms with Gasteiger partial charge in [0.2, 0.25) is 5.95 Å². The Labute approximate surface area is 241 Å². The molecule has 0 radical (unpaired) electrons. The van der Waals surface area contributed by atoms with Gasteiger partial charge in [-0.1, -0.05) is 19.1 Å². The Hall–Kier alpha value is -3.12. The highest BCUT2D eigenvalue weighted by molar-refractivity contribution is 5.86. The lowest BCUT2D eigenvalue weighted by molar-refractivity contribution is -0.0290. The van der Waals surface area contributed by atoms with E-state index in [0.29, 0.717) is 32.3 Å². The predicted octanol–water partition coefficient (Wildman–Crippen LogP) is 2.77. The smallest absolute Gasteiger partial charge is 0.239 e. The van der Waals surface area contributed by atoms with E-state index in [2.05, 4.69) is 57.7 Å². The average Bonchev–Trinajstić information content (AvgIpc) is 3.46. The normalized spacial score (nSPS) is 19.0. The number of piperazine rings is 1. The van der Waals surface area contributed by atoms with Crippen molar-refractivity contribution in [2.75, 3.05) is 57.4 Å². The standard InChI is InChI=1S/C30H43N9O2/c1-7-23-31-21-10-8-9-11-22(21)39(23)28-33-26-25(27(34-28)37-14-16-41-17-15-37)32-24(35(26)6)18-38-13-12-36(19-29(38,2)3)20-30(4,5)40/h8-11,40H,7,12-20H2,1-6H3. The van der Waals surface area contributed by atoms with E-state index in [9.17, 15) is 5.11 Å². The van der Waals surface area contributed by atoms with Gasteiger partial charge in [-0.2, -0.15) is 9.97 Å². The van der Waals surface area contributed by atoms with E-state index in [1.54, 1.807) is 0 Å². The van der Waals surface area contributed by atoms with Gasteiger partial charge in [0.25, 0.3) is 0 Å². The number of rotatable bonds is 7. The number of ether oxygens (including phenoxy) is 1. The molecule has 3 aromatic heterocycles. The van der Waals surface area contributed by atoms with Crippen LogP contribution < -0.4 is 4.90 Å². The van der Waals surface area contributed by atoms with Gasteiger partial charge in [0.05, 0.1) is 36.4 Å². The minimum absolute atomic E-state index is 0.0722. The summed E-state index contributed by atoms with van der Waals surface area (Å²) in [5, 5.41) is 10.4. The molecule has 4 aromatic rings. The van der Waals surface area contributed by atoms with Crippen molar-refractivity contribution in [2.45, 2.75) is 58.7 Å². The minimum atomic E-state index is -0.708. The SMILES string of the molecule is CCc1nc2ccccc2n1-c1nc(N2CCOCC2)c2nc(CN3CCN(CC(C)(C)O)CC3(C)C)n(C)c2n1. The van der Waals surface area contributed by atoms with Crippen LogP contribution in [0.5, 0.6) is 0 Å². The fraction of sp³-hybridized carbons (Fsp3) is 0.600. The number of hydrogen-bond acceptors (Lipinski definition) is 9. The number of aliphatic hydroxyl groups is 1. The number of para-hydroxylation sites is 2. The van der Waals surface area contributed by atoms with Crippen molar-refractivity contribution in [3.8, 4) is 5.95 Å². The molecule has 0 bridgehead atoms. The molecule has 0 aliphatic carbocycles. The van der Waals surface area contributed by atoms with E-state index in [1.807, 2.05) is 32.0 Å². The van der Waals surface area contributed by atoms with Crippen LogP contribution in [0, 0.1) is 0 Å². The van der Waals surface area contributed by atoms with Crippen molar-refractivity contribution in [1.82, 2.24) is 38.9 Å². The quantitative estimate of drug-likeness (QED) is 0.365. The Balaban J connectivity index is 1.41. The summed E-state index contributed by atoms with van der Waals surface area (Å²) < 4.78 is 9.90. The summed E-state index contributed by atoms with van der Waals surface area (Å²) in [5.74, 6) is 3.38. The first-order valence-corrected chi connectivity index (χ1v) is 14.8. The molecule has 0 unspecified atom stereocenters. The molecule has 6 rings (SSSR count). The number of aryl methyl sites for hydroxylation is 2. The van der Waals surface area contributed by atoms with Crippen molar-refractivity contribution in [1.29, 1.82) is 0 Å². The third kappa shape index (κ3) is 5.43. The maximum atomic E-state index is 10.4. The van der Waals surface area contributed by atoms with Crippen LogP contribution in [0.1, 0.15) is 46.3 Å². The molecule has 5 heterocycles. The van der Waals surface area contributed by atoms with Crippen molar-refractivity contribution in [2.24, 2.45) is 7.05 Å². The molecule has 1 aromatic carbocycles. The first-order valence-electron chi connectivity index (χ1n) is 14.8. The molecule has 0 amide bonds. The zero-order valence-electron chi connectivity index (χ0n) is 25.3. The highest BCUT2D eigenvalue weighted by Gasteiger charge is 2.36. The number of morpholine rings is 1. The van der Waals surface area contributed by atoms with Gasteiger partial charge in [-0.3, -0.25) is 14.4 Å². The number of aromatic nitrogens is 6. The zero-order valence-corrected chi connectivity index (χ0v) is 25.3. The van der Waals surface area contributed by atoms with Crippen LogP contribution in [-0.4, -0.2) is 108 Å². The van der Waals surface area contributed by atoms with Crippen LogP contribution >= 0.6 is 0 Å². The number of anilines is 1. The lowest BCUT2D eigenvalue weighted by Crippen LogP contribution is -2.60. The summed E-state index contributed by atoms with van der Waals surface area (Å²) in [7, 11) is 2.06. The molecule has 11 heteroatoms. The van der Waals surface area contributed by atoms with Gasteiger partial charge in [0.15, 0.2) is 17.0 Å². The second-order valence-electron chi connectivity index (χ2n) is 12.7. The number of β-amino-alcohol motifs (C(OH)–C–C–N with tert-alkyl or cyclic N) is 1. The molecule has 2 fully saturated rings. The number of imidazole rings is 2. The molecule has 11 nitrogen and oxygen atoms in total. The second-order valence-corrected chi connectivity index (χ2v) is 12.7. The van der Waals surface area contributed by atoms with E-state index < -0.39 is 5.60 Å². The second kappa shape index (κ2) is 10.6. The van der Waals surface area contributed by atoms with Gasteiger partial charge in [-0.05, 0) is 39.8 Å². The number of nitrogens with zero attached hydrogens (tertiary/aromatic N) is 9. The molecule has 2 aliphatic rings. The van der Waals surface area contributed by atoms with E-state index >= 15 is 0 Å². The summed E-state index contributed by atoms with van der Waals surface area (Å²) in [4.78, 5) is 27.5. The molecular formula is C30H43N9O2. The van der Waals surface area contributed by atoms with E-state index in [-0.39, 0.29) is 5.54 Å². The summed E-state index contributed by atoms with van der Waals surface area (Å²) in [6, 6.07) is 8.17. The topological polar surface area (TPSA) is 101 Å². The maximum absolute atomic E-state index is 10.4. The van der Waals surface area contributed by atoms with Gasteiger partial charge in [0.1, 0.15) is 11.6 Å². The van der Waals surface area contributed by atoms with E-state index in [4.69, 9.17) is 24.7 Å². The Kier molecular flexibility index (Phi) is 7.25. The summed E-state index contributed by atoms with van der Waals surface area (Å²) in [5.41, 5.74) is 2.82. The maximum Gasteiger partial charge on any atom is 0.239 e. The largest absolute Gasteiger partial charge is 0.389 e. The van der Waals surface area contributed by atoms with Crippen LogP contribution in [0.3, 0.4) is 0 Å². The monoisotopic (exact) mass is 561 g/mol. The molecule has 0 atom stereocenters. The average molecular weight is 562 g/mol. The fourth-order valence-electron chi connectivity index (χ4n) is 6.29. The molecule has 41 heavy (non-hydrogen) atoms. The first-order chi connectivity index (χ1) is 19.5. The molecule has 0 spiro atoms. The van der Waals surface area contributed by atoms with Crippen LogP contribution in [0.25, 0.3) is 28.1 Å². The van der Waals surface area contributed by atoms with Gasteiger partial charge in [0, 0.05) is 58.3 Å². The van der Waals surface area contributed by atoms with Crippen LogP contribution in [-0.2, 0) is 24.8 Å². The Bertz CT molecular complexity index is 1550. The summed E-state index contributed by atoms with van der Waals surface area (Å²) in [6.45, 7) is 17.4. The molecule has 2 saturated heterocycles. The zero-order chi connectivity index (χ0) is 28.9. The molecule has 2 aliphatic heterocycles. The van der Waals surface area contributed by atoms with Crippen molar-refractivity contribution < 1.29 is 9.84 Å². The Morgan fingerprint density at radius 1 is 0.976 bits per heavy atom. The van der Waals surface area contributed by atoms with Crippen molar-refractivity contribution in [3.63, 3.8) is 0 Å². The van der Waals surface area contributed by atoms with Gasteiger partial charge in [-0.15, -0.1) is 0 Å². The van der Waals surface area contributed by atoms with E-state index in [1.165, 1.54) is 0 Å². The van der Waals surface area contributed by atoms with Crippen LogP contribution in [0.4, 0.5) is 5.82 Å². The molecular weight excluding hydrogens is 518 g/mol. The van der Waals surface area contributed by atoms with Gasteiger partial charge >= 0.3 is 0 Å². The first kappa shape index (κ1) is 28.0.